The van der Waals surface area contributed by atoms with Crippen molar-refractivity contribution >= 4 is 0 Å². The highest BCUT2D eigenvalue weighted by Gasteiger charge is 2.10. The lowest BCUT2D eigenvalue weighted by atomic mass is 10.1. The second kappa shape index (κ2) is 1.66. The summed E-state index contributed by atoms with van der Waals surface area (Å²) >= 11 is 0. The van der Waals surface area contributed by atoms with E-state index in [1.54, 1.807) is 0 Å². The highest BCUT2D eigenvalue weighted by Crippen LogP contribution is 2.15. The van der Waals surface area contributed by atoms with E-state index < -0.39 is 0 Å². The molecule has 40 valence electrons. The van der Waals surface area contributed by atoms with E-state index in [2.05, 4.69) is 6.92 Å². The van der Waals surface area contributed by atoms with E-state index in [0.717, 1.165) is 6.42 Å². The van der Waals surface area contributed by atoms with E-state index in [1.807, 2.05) is 12.2 Å². The standard InChI is InChI=1S/C6H10O/c1-5-2-3-6(7)4-5/h2-3,5-7H,4H2,1H3. The zero-order valence-electron chi connectivity index (χ0n) is 4.46. The topological polar surface area (TPSA) is 20.2 Å². The summed E-state index contributed by atoms with van der Waals surface area (Å²) in [6.07, 6.45) is 4.66. The van der Waals surface area contributed by atoms with Gasteiger partial charge in [0.1, 0.15) is 0 Å². The molecule has 1 nitrogen and oxygen atoms in total. The van der Waals surface area contributed by atoms with Crippen LogP contribution in [0.15, 0.2) is 12.2 Å². The van der Waals surface area contributed by atoms with E-state index in [1.165, 1.54) is 0 Å². The normalized spacial score (nSPS) is 39.7. The van der Waals surface area contributed by atoms with E-state index in [-0.39, 0.29) is 6.10 Å². The lowest BCUT2D eigenvalue weighted by Crippen LogP contribution is -1.97. The molecule has 1 heteroatoms. The molecule has 0 aromatic heterocycles. The third-order valence-electron chi connectivity index (χ3n) is 1.28. The summed E-state index contributed by atoms with van der Waals surface area (Å²) in [6.45, 7) is 2.10. The fraction of sp³-hybridized carbons (Fsp3) is 0.667. The summed E-state index contributed by atoms with van der Waals surface area (Å²) in [4.78, 5) is 0. The lowest BCUT2D eigenvalue weighted by molar-refractivity contribution is 0.212. The predicted octanol–water partition coefficient (Wildman–Crippen LogP) is 0.943. The van der Waals surface area contributed by atoms with E-state index in [9.17, 15) is 0 Å². The Labute approximate surface area is 43.7 Å². The Morgan fingerprint density at radius 2 is 2.29 bits per heavy atom. The lowest BCUT2D eigenvalue weighted by Gasteiger charge is -1.96. The van der Waals surface area contributed by atoms with E-state index in [0.29, 0.717) is 5.92 Å². The molecule has 1 rings (SSSR count). The number of hydrogen-bond donors (Lipinski definition) is 1. The van der Waals surface area contributed by atoms with E-state index in [4.69, 9.17) is 5.11 Å². The van der Waals surface area contributed by atoms with E-state index >= 15 is 0 Å². The number of aliphatic hydroxyl groups excluding tert-OH is 1. The van der Waals surface area contributed by atoms with Crippen molar-refractivity contribution in [2.75, 3.05) is 0 Å². The smallest absolute Gasteiger partial charge is 0.0726 e. The van der Waals surface area contributed by atoms with Crippen LogP contribution >= 0.6 is 0 Å². The van der Waals surface area contributed by atoms with Gasteiger partial charge >= 0.3 is 0 Å². The predicted molar refractivity (Wildman–Crippen MR) is 28.9 cm³/mol. The molecule has 0 heterocycles. The van der Waals surface area contributed by atoms with Crippen LogP contribution < -0.4 is 0 Å². The first-order valence-electron chi connectivity index (χ1n) is 2.65. The molecule has 7 heavy (non-hydrogen) atoms. The molecular formula is C6H10O. The third kappa shape index (κ3) is 1.03. The third-order valence-corrected chi connectivity index (χ3v) is 1.28. The average Bonchev–Trinajstić information content (AvgIpc) is 1.87. The van der Waals surface area contributed by atoms with Crippen LogP contribution in [0.1, 0.15) is 13.3 Å². The van der Waals surface area contributed by atoms with Crippen LogP contribution in [0.2, 0.25) is 0 Å². The SMILES string of the molecule is CC1C=CC(O)C1. The van der Waals surface area contributed by atoms with Crippen LogP contribution in [0.3, 0.4) is 0 Å². The van der Waals surface area contributed by atoms with Gasteiger partial charge in [0.15, 0.2) is 0 Å². The van der Waals surface area contributed by atoms with Gasteiger partial charge in [0.2, 0.25) is 0 Å². The molecule has 0 bridgehead atoms. The molecule has 0 fully saturated rings. The average molecular weight is 98.1 g/mol. The fourth-order valence-electron chi connectivity index (χ4n) is 0.856. The second-order valence-corrected chi connectivity index (χ2v) is 2.17. The van der Waals surface area contributed by atoms with Crippen molar-refractivity contribution in [2.24, 2.45) is 5.92 Å². The summed E-state index contributed by atoms with van der Waals surface area (Å²) < 4.78 is 0. The molecule has 0 aromatic carbocycles. The molecule has 0 aromatic rings. The van der Waals surface area contributed by atoms with Crippen molar-refractivity contribution in [1.29, 1.82) is 0 Å². The van der Waals surface area contributed by atoms with Crippen molar-refractivity contribution < 1.29 is 5.11 Å². The Kier molecular flexibility index (Phi) is 1.15. The summed E-state index contributed by atoms with van der Waals surface area (Å²) in [5, 5.41) is 8.81. The van der Waals surface area contributed by atoms with Gasteiger partial charge in [0, 0.05) is 0 Å². The second-order valence-electron chi connectivity index (χ2n) is 2.17. The largest absolute Gasteiger partial charge is 0.389 e. The summed E-state index contributed by atoms with van der Waals surface area (Å²) in [6, 6.07) is 0. The van der Waals surface area contributed by atoms with Crippen molar-refractivity contribution in [3.8, 4) is 0 Å². The van der Waals surface area contributed by atoms with Gasteiger partial charge < -0.3 is 5.11 Å². The Morgan fingerprint density at radius 3 is 2.43 bits per heavy atom. The first-order valence-corrected chi connectivity index (χ1v) is 2.65. The number of hydrogen-bond acceptors (Lipinski definition) is 1. The molecule has 0 radical (unpaired) electrons. The van der Waals surface area contributed by atoms with Gasteiger partial charge in [0.05, 0.1) is 6.10 Å². The first-order chi connectivity index (χ1) is 3.29. The quantitative estimate of drug-likeness (QED) is 0.447. The van der Waals surface area contributed by atoms with Crippen LogP contribution in [-0.4, -0.2) is 11.2 Å². The van der Waals surface area contributed by atoms with Crippen LogP contribution in [0.25, 0.3) is 0 Å². The van der Waals surface area contributed by atoms with Gasteiger partial charge in [-0.15, -0.1) is 0 Å². The zero-order valence-corrected chi connectivity index (χ0v) is 4.46. The molecule has 0 amide bonds. The molecule has 2 atom stereocenters. The van der Waals surface area contributed by atoms with Crippen LogP contribution in [0, 0.1) is 5.92 Å². The molecule has 2 unspecified atom stereocenters. The maximum Gasteiger partial charge on any atom is 0.0726 e. The minimum Gasteiger partial charge on any atom is -0.389 e. The molecular weight excluding hydrogens is 88.1 g/mol. The highest BCUT2D eigenvalue weighted by molar-refractivity contribution is 5.00. The Morgan fingerprint density at radius 1 is 1.57 bits per heavy atom. The summed E-state index contributed by atoms with van der Waals surface area (Å²) in [5.41, 5.74) is 0. The molecule has 1 N–H and O–H groups in total. The molecule has 0 aliphatic heterocycles. The Bertz CT molecular complexity index is 76.2. The summed E-state index contributed by atoms with van der Waals surface area (Å²) in [5.74, 6) is 0.593. The van der Waals surface area contributed by atoms with Crippen molar-refractivity contribution in [3.05, 3.63) is 12.2 Å². The maximum absolute atomic E-state index is 8.81. The number of allylic oxidation sites excluding steroid dienone is 1. The molecule has 0 saturated carbocycles. The van der Waals surface area contributed by atoms with Gasteiger partial charge in [-0.25, -0.2) is 0 Å². The molecule has 0 spiro atoms. The first kappa shape index (κ1) is 4.85. The van der Waals surface area contributed by atoms with Gasteiger partial charge in [0.25, 0.3) is 0 Å². The van der Waals surface area contributed by atoms with Crippen LogP contribution in [0.4, 0.5) is 0 Å². The van der Waals surface area contributed by atoms with Gasteiger partial charge in [-0.3, -0.25) is 0 Å². The zero-order chi connectivity index (χ0) is 5.28. The van der Waals surface area contributed by atoms with Gasteiger partial charge in [-0.2, -0.15) is 0 Å². The number of aliphatic hydroxyl groups is 1. The van der Waals surface area contributed by atoms with Crippen molar-refractivity contribution in [1.82, 2.24) is 0 Å². The van der Waals surface area contributed by atoms with Crippen LogP contribution in [-0.2, 0) is 0 Å². The molecule has 1 aliphatic carbocycles. The van der Waals surface area contributed by atoms with Gasteiger partial charge in [-0.05, 0) is 12.3 Å². The maximum atomic E-state index is 8.81. The summed E-state index contributed by atoms with van der Waals surface area (Å²) in [7, 11) is 0. The monoisotopic (exact) mass is 98.1 g/mol. The minimum atomic E-state index is -0.157. The Balaban J connectivity index is 2.42. The molecule has 0 saturated heterocycles. The highest BCUT2D eigenvalue weighted by atomic mass is 16.3. The Hall–Kier alpha value is -0.300. The fourth-order valence-corrected chi connectivity index (χ4v) is 0.856. The molecule has 1 aliphatic rings. The van der Waals surface area contributed by atoms with Gasteiger partial charge in [-0.1, -0.05) is 19.1 Å². The minimum absolute atomic E-state index is 0.157. The van der Waals surface area contributed by atoms with Crippen molar-refractivity contribution in [3.63, 3.8) is 0 Å². The van der Waals surface area contributed by atoms with Crippen LogP contribution in [0.5, 0.6) is 0 Å². The van der Waals surface area contributed by atoms with Crippen molar-refractivity contribution in [2.45, 2.75) is 19.4 Å². The number of rotatable bonds is 0.